The van der Waals surface area contributed by atoms with Crippen LogP contribution in [0.2, 0.25) is 0 Å². The van der Waals surface area contributed by atoms with Gasteiger partial charge in [-0.1, -0.05) is 12.1 Å². The monoisotopic (exact) mass is 286 g/mol. The Labute approximate surface area is 125 Å². The fraction of sp³-hybridized carbons (Fsp3) is 0.375. The van der Waals surface area contributed by atoms with Gasteiger partial charge in [-0.05, 0) is 50.6 Å². The first-order chi connectivity index (χ1) is 10.1. The number of benzene rings is 1. The molecule has 0 fully saturated rings. The summed E-state index contributed by atoms with van der Waals surface area (Å²) in [6, 6.07) is 9.68. The molecule has 0 aliphatic carbocycles. The average molecular weight is 286 g/mol. The molecule has 1 aromatic carbocycles. The van der Waals surface area contributed by atoms with E-state index in [0.717, 1.165) is 29.9 Å². The third kappa shape index (κ3) is 4.16. The first-order valence-corrected chi connectivity index (χ1v) is 7.18. The van der Waals surface area contributed by atoms with Crippen molar-refractivity contribution in [1.82, 2.24) is 15.1 Å². The van der Waals surface area contributed by atoms with Crippen molar-refractivity contribution < 1.29 is 4.79 Å². The van der Waals surface area contributed by atoms with Crippen LogP contribution < -0.4 is 11.1 Å². The van der Waals surface area contributed by atoms with Crippen molar-refractivity contribution in [2.24, 2.45) is 5.73 Å². The lowest BCUT2D eigenvalue weighted by atomic mass is 10.1. The van der Waals surface area contributed by atoms with Crippen molar-refractivity contribution in [1.29, 1.82) is 0 Å². The third-order valence-corrected chi connectivity index (χ3v) is 3.32. The van der Waals surface area contributed by atoms with Gasteiger partial charge in [-0.3, -0.25) is 9.48 Å². The van der Waals surface area contributed by atoms with E-state index in [4.69, 9.17) is 5.73 Å². The fourth-order valence-corrected chi connectivity index (χ4v) is 2.18. The van der Waals surface area contributed by atoms with Gasteiger partial charge in [-0.15, -0.1) is 0 Å². The Hall–Kier alpha value is -2.14. The van der Waals surface area contributed by atoms with Crippen LogP contribution in [0.5, 0.6) is 0 Å². The van der Waals surface area contributed by atoms with E-state index in [0.29, 0.717) is 18.7 Å². The lowest BCUT2D eigenvalue weighted by Gasteiger charge is -2.07. The highest BCUT2D eigenvalue weighted by atomic mass is 16.1. The third-order valence-electron chi connectivity index (χ3n) is 3.32. The summed E-state index contributed by atoms with van der Waals surface area (Å²) in [6.07, 6.45) is 0.793. The molecule has 0 saturated carbocycles. The van der Waals surface area contributed by atoms with E-state index in [2.05, 4.69) is 16.5 Å². The minimum absolute atomic E-state index is 0.0545. The Kier molecular flexibility index (Phi) is 5.11. The Morgan fingerprint density at radius 2 is 2.00 bits per heavy atom. The van der Waals surface area contributed by atoms with E-state index >= 15 is 0 Å². The van der Waals surface area contributed by atoms with E-state index in [1.807, 2.05) is 42.8 Å². The van der Waals surface area contributed by atoms with Gasteiger partial charge in [0.15, 0.2) is 0 Å². The van der Waals surface area contributed by atoms with E-state index in [1.54, 1.807) is 0 Å². The highest BCUT2D eigenvalue weighted by molar-refractivity contribution is 5.94. The number of rotatable bonds is 6. The van der Waals surface area contributed by atoms with E-state index < -0.39 is 0 Å². The van der Waals surface area contributed by atoms with Gasteiger partial charge in [0.2, 0.25) is 0 Å². The summed E-state index contributed by atoms with van der Waals surface area (Å²) in [5.41, 5.74) is 9.35. The second-order valence-electron chi connectivity index (χ2n) is 5.18. The van der Waals surface area contributed by atoms with E-state index in [-0.39, 0.29) is 5.91 Å². The maximum absolute atomic E-state index is 11.9. The molecular weight excluding hydrogens is 264 g/mol. The van der Waals surface area contributed by atoms with Crippen LogP contribution >= 0.6 is 0 Å². The molecule has 0 saturated heterocycles. The van der Waals surface area contributed by atoms with E-state index in [1.165, 1.54) is 0 Å². The zero-order chi connectivity index (χ0) is 15.2. The summed E-state index contributed by atoms with van der Waals surface area (Å²) in [5, 5.41) is 7.28. The maximum Gasteiger partial charge on any atom is 0.251 e. The number of amides is 1. The number of nitrogens with two attached hydrogens (primary N) is 1. The zero-order valence-corrected chi connectivity index (χ0v) is 12.6. The molecule has 0 spiro atoms. The Balaban J connectivity index is 1.98. The fourth-order valence-electron chi connectivity index (χ4n) is 2.18. The minimum Gasteiger partial charge on any atom is -0.352 e. The van der Waals surface area contributed by atoms with Crippen LogP contribution in [0.1, 0.15) is 33.7 Å². The molecule has 0 unspecified atom stereocenters. The van der Waals surface area contributed by atoms with Crippen LogP contribution in [-0.4, -0.2) is 28.8 Å². The summed E-state index contributed by atoms with van der Waals surface area (Å²) in [5.74, 6) is -0.0545. The summed E-state index contributed by atoms with van der Waals surface area (Å²) in [7, 11) is 0. The Morgan fingerprint density at radius 3 is 2.57 bits per heavy atom. The zero-order valence-electron chi connectivity index (χ0n) is 12.6. The first-order valence-electron chi connectivity index (χ1n) is 7.18. The molecule has 3 N–H and O–H groups in total. The maximum atomic E-state index is 11.9. The minimum atomic E-state index is -0.0545. The molecule has 21 heavy (non-hydrogen) atoms. The van der Waals surface area contributed by atoms with Crippen molar-refractivity contribution in [3.8, 4) is 0 Å². The molecule has 0 atom stereocenters. The van der Waals surface area contributed by atoms with Gasteiger partial charge in [0.25, 0.3) is 5.91 Å². The van der Waals surface area contributed by atoms with Crippen LogP contribution in [0.3, 0.4) is 0 Å². The van der Waals surface area contributed by atoms with Crippen LogP contribution in [-0.2, 0) is 6.54 Å². The largest absolute Gasteiger partial charge is 0.352 e. The van der Waals surface area contributed by atoms with Gasteiger partial charge in [0, 0.05) is 17.8 Å². The van der Waals surface area contributed by atoms with Crippen LogP contribution in [0.25, 0.3) is 0 Å². The van der Waals surface area contributed by atoms with Crippen molar-refractivity contribution in [3.05, 3.63) is 52.8 Å². The van der Waals surface area contributed by atoms with E-state index in [9.17, 15) is 4.79 Å². The topological polar surface area (TPSA) is 72.9 Å². The Morgan fingerprint density at radius 1 is 1.29 bits per heavy atom. The van der Waals surface area contributed by atoms with Crippen LogP contribution in [0.15, 0.2) is 30.3 Å². The lowest BCUT2D eigenvalue weighted by molar-refractivity contribution is 0.0953. The molecule has 2 rings (SSSR count). The van der Waals surface area contributed by atoms with Gasteiger partial charge in [0.1, 0.15) is 0 Å². The second kappa shape index (κ2) is 7.04. The first kappa shape index (κ1) is 15.3. The molecule has 5 heteroatoms. The predicted octanol–water partition coefficient (Wildman–Crippen LogP) is 1.63. The van der Waals surface area contributed by atoms with Crippen molar-refractivity contribution in [2.75, 3.05) is 13.1 Å². The SMILES string of the molecule is Cc1cc(C)n(Cc2ccc(C(=O)NCCCN)cc2)n1. The van der Waals surface area contributed by atoms with Gasteiger partial charge in [0.05, 0.1) is 12.2 Å². The average Bonchev–Trinajstić information content (AvgIpc) is 2.78. The lowest BCUT2D eigenvalue weighted by Crippen LogP contribution is -2.25. The standard InChI is InChI=1S/C16H22N4O/c1-12-10-13(2)20(19-12)11-14-4-6-15(7-5-14)16(21)18-9-3-8-17/h4-7,10H,3,8-9,11,17H2,1-2H3,(H,18,21). The molecule has 1 amide bonds. The summed E-state index contributed by atoms with van der Waals surface area (Å²) in [4.78, 5) is 11.9. The summed E-state index contributed by atoms with van der Waals surface area (Å²) < 4.78 is 1.96. The summed E-state index contributed by atoms with van der Waals surface area (Å²) >= 11 is 0. The smallest absolute Gasteiger partial charge is 0.251 e. The second-order valence-corrected chi connectivity index (χ2v) is 5.18. The summed E-state index contributed by atoms with van der Waals surface area (Å²) in [6.45, 7) is 5.94. The molecule has 1 aromatic heterocycles. The number of aryl methyl sites for hydroxylation is 2. The van der Waals surface area contributed by atoms with Gasteiger partial charge < -0.3 is 11.1 Å². The number of aromatic nitrogens is 2. The normalized spacial score (nSPS) is 10.6. The van der Waals surface area contributed by atoms with Crippen molar-refractivity contribution >= 4 is 5.91 Å². The molecule has 0 bridgehead atoms. The number of hydrogen-bond acceptors (Lipinski definition) is 3. The predicted molar refractivity (Wildman–Crippen MR) is 83.2 cm³/mol. The quantitative estimate of drug-likeness (QED) is 0.793. The van der Waals surface area contributed by atoms with Crippen molar-refractivity contribution in [3.63, 3.8) is 0 Å². The molecule has 2 aromatic rings. The number of carbonyl (C=O) groups excluding carboxylic acids is 1. The number of nitrogens with one attached hydrogen (secondary N) is 1. The highest BCUT2D eigenvalue weighted by Gasteiger charge is 2.06. The van der Waals surface area contributed by atoms with Gasteiger partial charge in [-0.25, -0.2) is 0 Å². The molecule has 0 aliphatic rings. The molecular formula is C16H22N4O. The number of carbonyl (C=O) groups is 1. The van der Waals surface area contributed by atoms with Crippen molar-refractivity contribution in [2.45, 2.75) is 26.8 Å². The van der Waals surface area contributed by atoms with Gasteiger partial charge >= 0.3 is 0 Å². The molecule has 5 nitrogen and oxygen atoms in total. The number of hydrogen-bond donors (Lipinski definition) is 2. The molecule has 1 heterocycles. The number of nitrogens with zero attached hydrogens (tertiary/aromatic N) is 2. The molecule has 0 aliphatic heterocycles. The Bertz CT molecular complexity index is 601. The van der Waals surface area contributed by atoms with Gasteiger partial charge in [-0.2, -0.15) is 5.10 Å². The molecule has 0 radical (unpaired) electrons. The highest BCUT2D eigenvalue weighted by Crippen LogP contribution is 2.09. The van der Waals surface area contributed by atoms with Crippen LogP contribution in [0, 0.1) is 13.8 Å². The van der Waals surface area contributed by atoms with Crippen LogP contribution in [0.4, 0.5) is 0 Å². The molecule has 112 valence electrons.